The van der Waals surface area contributed by atoms with Crippen LogP contribution < -0.4 is 5.43 Å². The zero-order chi connectivity index (χ0) is 8.97. The van der Waals surface area contributed by atoms with Crippen molar-refractivity contribution in [2.75, 3.05) is 19.5 Å². The van der Waals surface area contributed by atoms with Crippen molar-refractivity contribution in [3.05, 3.63) is 29.8 Å². The van der Waals surface area contributed by atoms with Crippen LogP contribution in [0, 0.1) is 0 Å². The van der Waals surface area contributed by atoms with Crippen LogP contribution in [-0.4, -0.2) is 19.1 Å². The molecule has 0 saturated carbocycles. The molecule has 1 N–H and O–H groups in total. The standard InChI is InChI=1S/C10H16N2/c1-4-9-7-5-6-8-10(9)11-12(2)3/h5-8,11H,4H2,1-3H3. The minimum absolute atomic E-state index is 1.07. The molecule has 66 valence electrons. The monoisotopic (exact) mass is 164 g/mol. The molecular weight excluding hydrogens is 148 g/mol. The summed E-state index contributed by atoms with van der Waals surface area (Å²) in [4.78, 5) is 0. The molecule has 0 heterocycles. The molecule has 0 aliphatic carbocycles. The van der Waals surface area contributed by atoms with Gasteiger partial charge in [-0.1, -0.05) is 25.1 Å². The van der Waals surface area contributed by atoms with Crippen molar-refractivity contribution in [3.63, 3.8) is 0 Å². The third-order valence-corrected chi connectivity index (χ3v) is 1.74. The first-order valence-electron chi connectivity index (χ1n) is 4.26. The summed E-state index contributed by atoms with van der Waals surface area (Å²) >= 11 is 0. The fraction of sp³-hybridized carbons (Fsp3) is 0.400. The molecule has 2 heteroatoms. The van der Waals surface area contributed by atoms with Gasteiger partial charge in [-0.3, -0.25) is 0 Å². The van der Waals surface area contributed by atoms with Crippen LogP contribution >= 0.6 is 0 Å². The second kappa shape index (κ2) is 4.12. The summed E-state index contributed by atoms with van der Waals surface area (Å²) in [6.07, 6.45) is 1.07. The summed E-state index contributed by atoms with van der Waals surface area (Å²) in [6, 6.07) is 8.36. The van der Waals surface area contributed by atoms with Crippen molar-refractivity contribution in [1.82, 2.24) is 5.01 Å². The maximum Gasteiger partial charge on any atom is 0.0521 e. The van der Waals surface area contributed by atoms with Crippen LogP contribution in [-0.2, 0) is 6.42 Å². The van der Waals surface area contributed by atoms with Crippen molar-refractivity contribution in [2.24, 2.45) is 0 Å². The normalized spacial score (nSPS) is 10.3. The first-order valence-corrected chi connectivity index (χ1v) is 4.26. The Hall–Kier alpha value is -1.02. The molecule has 0 fully saturated rings. The van der Waals surface area contributed by atoms with Crippen molar-refractivity contribution < 1.29 is 0 Å². The molecule has 0 aliphatic heterocycles. The Morgan fingerprint density at radius 1 is 1.25 bits per heavy atom. The molecule has 0 atom stereocenters. The fourth-order valence-corrected chi connectivity index (χ4v) is 1.18. The number of rotatable bonds is 3. The molecule has 1 aromatic rings. The summed E-state index contributed by atoms with van der Waals surface area (Å²) in [5.74, 6) is 0. The van der Waals surface area contributed by atoms with Gasteiger partial charge in [0.1, 0.15) is 0 Å². The molecule has 0 bridgehead atoms. The Labute approximate surface area is 74.2 Å². The maximum absolute atomic E-state index is 3.26. The SMILES string of the molecule is CCc1ccccc1NN(C)C. The predicted molar refractivity (Wildman–Crippen MR) is 53.1 cm³/mol. The third kappa shape index (κ3) is 2.24. The third-order valence-electron chi connectivity index (χ3n) is 1.74. The van der Waals surface area contributed by atoms with E-state index in [-0.39, 0.29) is 0 Å². The van der Waals surface area contributed by atoms with E-state index < -0.39 is 0 Å². The Morgan fingerprint density at radius 3 is 2.50 bits per heavy atom. The van der Waals surface area contributed by atoms with E-state index >= 15 is 0 Å². The number of para-hydroxylation sites is 1. The van der Waals surface area contributed by atoms with Gasteiger partial charge in [0, 0.05) is 14.1 Å². The van der Waals surface area contributed by atoms with Crippen LogP contribution in [0.2, 0.25) is 0 Å². The van der Waals surface area contributed by atoms with E-state index in [2.05, 4.69) is 30.5 Å². The number of hydrazine groups is 1. The number of nitrogens with one attached hydrogen (secondary N) is 1. The predicted octanol–water partition coefficient (Wildman–Crippen LogP) is 2.14. The Kier molecular flexibility index (Phi) is 3.11. The number of hydrogen-bond acceptors (Lipinski definition) is 2. The first-order chi connectivity index (χ1) is 5.74. The van der Waals surface area contributed by atoms with Gasteiger partial charge in [0.25, 0.3) is 0 Å². The van der Waals surface area contributed by atoms with Gasteiger partial charge in [0.2, 0.25) is 0 Å². The minimum Gasteiger partial charge on any atom is -0.319 e. The number of hydrogen-bond donors (Lipinski definition) is 1. The second-order valence-electron chi connectivity index (χ2n) is 3.02. The molecule has 0 spiro atoms. The van der Waals surface area contributed by atoms with E-state index in [0.717, 1.165) is 6.42 Å². The van der Waals surface area contributed by atoms with Crippen LogP contribution in [0.1, 0.15) is 12.5 Å². The first kappa shape index (κ1) is 9.07. The van der Waals surface area contributed by atoms with Crippen LogP contribution in [0.5, 0.6) is 0 Å². The van der Waals surface area contributed by atoms with Crippen LogP contribution in [0.25, 0.3) is 0 Å². The molecule has 2 nitrogen and oxygen atoms in total. The zero-order valence-electron chi connectivity index (χ0n) is 7.96. The number of nitrogens with zero attached hydrogens (tertiary/aromatic N) is 1. The molecule has 0 amide bonds. The number of anilines is 1. The van der Waals surface area contributed by atoms with Gasteiger partial charge in [-0.25, -0.2) is 5.01 Å². The molecular formula is C10H16N2. The van der Waals surface area contributed by atoms with E-state index in [1.807, 2.05) is 25.2 Å². The second-order valence-corrected chi connectivity index (χ2v) is 3.02. The van der Waals surface area contributed by atoms with Crippen molar-refractivity contribution in [2.45, 2.75) is 13.3 Å². The largest absolute Gasteiger partial charge is 0.319 e. The molecule has 1 rings (SSSR count). The van der Waals surface area contributed by atoms with Gasteiger partial charge >= 0.3 is 0 Å². The number of benzene rings is 1. The zero-order valence-corrected chi connectivity index (χ0v) is 7.96. The van der Waals surface area contributed by atoms with E-state index in [9.17, 15) is 0 Å². The number of aryl methyl sites for hydroxylation is 1. The highest BCUT2D eigenvalue weighted by atomic mass is 15.5. The van der Waals surface area contributed by atoms with Gasteiger partial charge in [-0.2, -0.15) is 0 Å². The van der Waals surface area contributed by atoms with Gasteiger partial charge in [0.15, 0.2) is 0 Å². The van der Waals surface area contributed by atoms with E-state index in [1.54, 1.807) is 0 Å². The van der Waals surface area contributed by atoms with Crippen LogP contribution in [0.15, 0.2) is 24.3 Å². The highest BCUT2D eigenvalue weighted by molar-refractivity contribution is 5.50. The summed E-state index contributed by atoms with van der Waals surface area (Å²) < 4.78 is 0. The highest BCUT2D eigenvalue weighted by Gasteiger charge is 1.97. The average Bonchev–Trinajstić information content (AvgIpc) is 2.04. The van der Waals surface area contributed by atoms with Gasteiger partial charge in [-0.05, 0) is 18.1 Å². The summed E-state index contributed by atoms with van der Waals surface area (Å²) in [5, 5.41) is 1.95. The lowest BCUT2D eigenvalue weighted by Crippen LogP contribution is -2.20. The lowest BCUT2D eigenvalue weighted by molar-refractivity contribution is 0.494. The molecule has 0 aliphatic rings. The van der Waals surface area contributed by atoms with E-state index in [4.69, 9.17) is 0 Å². The lowest BCUT2D eigenvalue weighted by Gasteiger charge is -2.16. The van der Waals surface area contributed by atoms with Crippen molar-refractivity contribution in [3.8, 4) is 0 Å². The molecule has 12 heavy (non-hydrogen) atoms. The van der Waals surface area contributed by atoms with Gasteiger partial charge in [0.05, 0.1) is 5.69 Å². The summed E-state index contributed by atoms with van der Waals surface area (Å²) in [6.45, 7) is 2.16. The topological polar surface area (TPSA) is 15.3 Å². The smallest absolute Gasteiger partial charge is 0.0521 e. The Morgan fingerprint density at radius 2 is 1.92 bits per heavy atom. The van der Waals surface area contributed by atoms with E-state index in [1.165, 1.54) is 11.3 Å². The minimum atomic E-state index is 1.07. The molecule has 1 aromatic carbocycles. The lowest BCUT2D eigenvalue weighted by atomic mass is 10.1. The van der Waals surface area contributed by atoms with Gasteiger partial charge < -0.3 is 5.43 Å². The fourth-order valence-electron chi connectivity index (χ4n) is 1.18. The van der Waals surface area contributed by atoms with Crippen molar-refractivity contribution in [1.29, 1.82) is 0 Å². The summed E-state index contributed by atoms with van der Waals surface area (Å²) in [5.41, 5.74) is 5.81. The molecule has 0 saturated heterocycles. The van der Waals surface area contributed by atoms with Crippen LogP contribution in [0.3, 0.4) is 0 Å². The molecule has 0 aromatic heterocycles. The highest BCUT2D eigenvalue weighted by Crippen LogP contribution is 2.14. The Balaban J connectivity index is 2.82. The molecule has 0 unspecified atom stereocenters. The average molecular weight is 164 g/mol. The van der Waals surface area contributed by atoms with Crippen molar-refractivity contribution >= 4 is 5.69 Å². The Bertz CT molecular complexity index is 243. The van der Waals surface area contributed by atoms with Crippen LogP contribution in [0.4, 0.5) is 5.69 Å². The van der Waals surface area contributed by atoms with Gasteiger partial charge in [-0.15, -0.1) is 0 Å². The van der Waals surface area contributed by atoms with E-state index in [0.29, 0.717) is 0 Å². The summed E-state index contributed by atoms with van der Waals surface area (Å²) in [7, 11) is 3.98. The maximum atomic E-state index is 3.26. The molecule has 0 radical (unpaired) electrons. The quantitative estimate of drug-likeness (QED) is 0.688.